The van der Waals surface area contributed by atoms with Crippen LogP contribution in [0.3, 0.4) is 0 Å². The SMILES string of the molecule is O=C1c2ccccc2N(C(=O)CCN2CCOCC2)CN1c1ccc(Br)cc1. The summed E-state index contributed by atoms with van der Waals surface area (Å²) in [4.78, 5) is 31.7. The lowest BCUT2D eigenvalue weighted by atomic mass is 10.1. The van der Waals surface area contributed by atoms with Crippen molar-refractivity contribution in [3.05, 3.63) is 58.6 Å². The first-order chi connectivity index (χ1) is 13.6. The summed E-state index contributed by atoms with van der Waals surface area (Å²) in [6.45, 7) is 4.06. The molecule has 146 valence electrons. The van der Waals surface area contributed by atoms with Crippen LogP contribution in [-0.2, 0) is 9.53 Å². The van der Waals surface area contributed by atoms with Crippen molar-refractivity contribution in [3.63, 3.8) is 0 Å². The molecule has 0 N–H and O–H groups in total. The van der Waals surface area contributed by atoms with E-state index in [-0.39, 0.29) is 18.5 Å². The molecule has 0 aromatic heterocycles. The van der Waals surface area contributed by atoms with Gasteiger partial charge >= 0.3 is 0 Å². The van der Waals surface area contributed by atoms with Crippen LogP contribution in [0, 0.1) is 0 Å². The minimum Gasteiger partial charge on any atom is -0.379 e. The van der Waals surface area contributed by atoms with Crippen molar-refractivity contribution in [2.75, 3.05) is 49.3 Å². The normalized spacial score (nSPS) is 17.5. The number of hydrogen-bond donors (Lipinski definition) is 0. The topological polar surface area (TPSA) is 53.1 Å². The summed E-state index contributed by atoms with van der Waals surface area (Å²) < 4.78 is 6.31. The van der Waals surface area contributed by atoms with Gasteiger partial charge in [-0.3, -0.25) is 24.3 Å². The average Bonchev–Trinajstić information content (AvgIpc) is 2.74. The molecule has 2 aliphatic heterocycles. The third kappa shape index (κ3) is 3.97. The Balaban J connectivity index is 1.56. The predicted octanol–water partition coefficient (Wildman–Crippen LogP) is 3.12. The highest BCUT2D eigenvalue weighted by molar-refractivity contribution is 9.10. The molecule has 0 aliphatic carbocycles. The van der Waals surface area contributed by atoms with Crippen molar-refractivity contribution in [2.45, 2.75) is 6.42 Å². The van der Waals surface area contributed by atoms with Crippen LogP contribution in [0.25, 0.3) is 0 Å². The second-order valence-corrected chi connectivity index (χ2v) is 7.81. The van der Waals surface area contributed by atoms with E-state index in [0.29, 0.717) is 37.4 Å². The van der Waals surface area contributed by atoms with Crippen LogP contribution >= 0.6 is 15.9 Å². The molecule has 0 spiro atoms. The summed E-state index contributed by atoms with van der Waals surface area (Å²) in [7, 11) is 0. The van der Waals surface area contributed by atoms with E-state index in [9.17, 15) is 9.59 Å². The number of benzene rings is 2. The highest BCUT2D eigenvalue weighted by Crippen LogP contribution is 2.31. The zero-order chi connectivity index (χ0) is 19.5. The summed E-state index contributed by atoms with van der Waals surface area (Å²) in [5.41, 5.74) is 2.01. The smallest absolute Gasteiger partial charge is 0.261 e. The Labute approximate surface area is 172 Å². The number of hydrogen-bond acceptors (Lipinski definition) is 4. The van der Waals surface area contributed by atoms with Gasteiger partial charge in [-0.15, -0.1) is 0 Å². The maximum atomic E-state index is 13.1. The highest BCUT2D eigenvalue weighted by atomic mass is 79.9. The minimum atomic E-state index is -0.0878. The maximum Gasteiger partial charge on any atom is 0.261 e. The number of halogens is 1. The fourth-order valence-electron chi connectivity index (χ4n) is 3.56. The first kappa shape index (κ1) is 19.1. The zero-order valence-electron chi connectivity index (χ0n) is 15.5. The number of anilines is 2. The number of carbonyl (C=O) groups excluding carboxylic acids is 2. The molecule has 2 heterocycles. The van der Waals surface area contributed by atoms with E-state index in [4.69, 9.17) is 4.74 Å². The van der Waals surface area contributed by atoms with Crippen molar-refractivity contribution in [1.29, 1.82) is 0 Å². The summed E-state index contributed by atoms with van der Waals surface area (Å²) in [5.74, 6) is -0.0660. The van der Waals surface area contributed by atoms with Gasteiger partial charge in [0.1, 0.15) is 6.67 Å². The van der Waals surface area contributed by atoms with E-state index < -0.39 is 0 Å². The second-order valence-electron chi connectivity index (χ2n) is 6.89. The molecule has 0 radical (unpaired) electrons. The molecule has 0 saturated carbocycles. The highest BCUT2D eigenvalue weighted by Gasteiger charge is 2.33. The monoisotopic (exact) mass is 443 g/mol. The molecule has 28 heavy (non-hydrogen) atoms. The summed E-state index contributed by atoms with van der Waals surface area (Å²) in [5, 5.41) is 0. The lowest BCUT2D eigenvalue weighted by Crippen LogP contribution is -2.50. The third-order valence-corrected chi connectivity index (χ3v) is 5.67. The summed E-state index contributed by atoms with van der Waals surface area (Å²) in [6, 6.07) is 14.9. The van der Waals surface area contributed by atoms with Gasteiger partial charge in [-0.1, -0.05) is 28.1 Å². The largest absolute Gasteiger partial charge is 0.379 e. The molecule has 2 aliphatic rings. The number of fused-ring (bicyclic) bond motifs is 1. The van der Waals surface area contributed by atoms with Gasteiger partial charge in [0.2, 0.25) is 5.91 Å². The van der Waals surface area contributed by atoms with Gasteiger partial charge in [0, 0.05) is 36.2 Å². The first-order valence-corrected chi connectivity index (χ1v) is 10.2. The fraction of sp³-hybridized carbons (Fsp3) is 0.333. The van der Waals surface area contributed by atoms with Crippen LogP contribution in [0.2, 0.25) is 0 Å². The molecule has 2 aromatic rings. The molecule has 0 atom stereocenters. The first-order valence-electron chi connectivity index (χ1n) is 9.40. The molecule has 4 rings (SSSR count). The Morgan fingerprint density at radius 2 is 1.75 bits per heavy atom. The van der Waals surface area contributed by atoms with Gasteiger partial charge in [-0.05, 0) is 36.4 Å². The van der Waals surface area contributed by atoms with E-state index in [0.717, 1.165) is 23.2 Å². The van der Waals surface area contributed by atoms with E-state index in [1.807, 2.05) is 42.5 Å². The molecule has 0 unspecified atom stereocenters. The predicted molar refractivity (Wildman–Crippen MR) is 112 cm³/mol. The zero-order valence-corrected chi connectivity index (χ0v) is 17.1. The molecule has 2 amide bonds. The van der Waals surface area contributed by atoms with E-state index in [1.165, 1.54) is 0 Å². The second kappa shape index (κ2) is 8.43. The van der Waals surface area contributed by atoms with E-state index in [2.05, 4.69) is 20.8 Å². The van der Waals surface area contributed by atoms with Gasteiger partial charge in [-0.25, -0.2) is 0 Å². The molecule has 1 saturated heterocycles. The van der Waals surface area contributed by atoms with E-state index >= 15 is 0 Å². The molecule has 2 aromatic carbocycles. The Kier molecular flexibility index (Phi) is 5.75. The Morgan fingerprint density at radius 3 is 2.50 bits per heavy atom. The Morgan fingerprint density at radius 1 is 1.04 bits per heavy atom. The molecule has 1 fully saturated rings. The van der Waals surface area contributed by atoms with Crippen molar-refractivity contribution in [1.82, 2.24) is 4.90 Å². The molecular weight excluding hydrogens is 422 g/mol. The van der Waals surface area contributed by atoms with Gasteiger partial charge < -0.3 is 4.74 Å². The minimum absolute atomic E-state index is 0.0218. The van der Waals surface area contributed by atoms with Gasteiger partial charge in [-0.2, -0.15) is 0 Å². The van der Waals surface area contributed by atoms with Crippen molar-refractivity contribution in [3.8, 4) is 0 Å². The number of rotatable bonds is 4. The molecular formula is C21H22BrN3O3. The number of amides is 2. The number of para-hydroxylation sites is 1. The van der Waals surface area contributed by atoms with Crippen LogP contribution < -0.4 is 9.80 Å². The summed E-state index contributed by atoms with van der Waals surface area (Å²) in [6.07, 6.45) is 0.413. The molecule has 0 bridgehead atoms. The number of morpholine rings is 1. The lowest BCUT2D eigenvalue weighted by Gasteiger charge is -2.37. The number of ether oxygens (including phenoxy) is 1. The van der Waals surface area contributed by atoms with Gasteiger partial charge in [0.05, 0.1) is 24.5 Å². The standard InChI is InChI=1S/C21H22BrN3O3/c22-16-5-7-17(8-6-16)24-15-25(19-4-2-1-3-18(19)21(24)27)20(26)9-10-23-11-13-28-14-12-23/h1-8H,9-15H2. The van der Waals surface area contributed by atoms with Crippen LogP contribution in [0.1, 0.15) is 16.8 Å². The third-order valence-electron chi connectivity index (χ3n) is 5.14. The Hall–Kier alpha value is -2.22. The van der Waals surface area contributed by atoms with E-state index in [1.54, 1.807) is 15.9 Å². The van der Waals surface area contributed by atoms with Gasteiger partial charge in [0.25, 0.3) is 5.91 Å². The van der Waals surface area contributed by atoms with Crippen LogP contribution in [0.5, 0.6) is 0 Å². The quantitative estimate of drug-likeness (QED) is 0.728. The summed E-state index contributed by atoms with van der Waals surface area (Å²) >= 11 is 3.42. The fourth-order valence-corrected chi connectivity index (χ4v) is 3.83. The van der Waals surface area contributed by atoms with Crippen molar-refractivity contribution >= 4 is 39.1 Å². The van der Waals surface area contributed by atoms with Gasteiger partial charge in [0.15, 0.2) is 0 Å². The van der Waals surface area contributed by atoms with Crippen LogP contribution in [0.4, 0.5) is 11.4 Å². The Bertz CT molecular complexity index is 865. The molecule has 7 heteroatoms. The van der Waals surface area contributed by atoms with Crippen LogP contribution in [-0.4, -0.2) is 56.2 Å². The van der Waals surface area contributed by atoms with Crippen LogP contribution in [0.15, 0.2) is 53.0 Å². The van der Waals surface area contributed by atoms with Crippen molar-refractivity contribution < 1.29 is 14.3 Å². The molecule has 6 nitrogen and oxygen atoms in total. The lowest BCUT2D eigenvalue weighted by molar-refractivity contribution is -0.119. The average molecular weight is 444 g/mol. The maximum absolute atomic E-state index is 13.1. The van der Waals surface area contributed by atoms with Crippen molar-refractivity contribution in [2.24, 2.45) is 0 Å². The number of nitrogens with zero attached hydrogens (tertiary/aromatic N) is 3. The number of carbonyl (C=O) groups is 2.